The summed E-state index contributed by atoms with van der Waals surface area (Å²) >= 11 is 11.6. The molecule has 1 heterocycles. The van der Waals surface area contributed by atoms with Crippen molar-refractivity contribution in [2.45, 2.75) is 0 Å². The molecule has 15 heavy (non-hydrogen) atoms. The number of nitrogens with zero attached hydrogens (tertiary/aromatic N) is 1. The van der Waals surface area contributed by atoms with E-state index in [9.17, 15) is 4.79 Å². The molecule has 0 bridgehead atoms. The maximum Gasteiger partial charge on any atom is 0.354 e. The van der Waals surface area contributed by atoms with E-state index in [1.807, 2.05) is 0 Å². The third-order valence-corrected chi connectivity index (χ3v) is 2.49. The first-order valence-corrected chi connectivity index (χ1v) is 4.82. The minimum Gasteiger partial charge on any atom is -0.477 e. The number of hydrogen-bond donors (Lipinski definition) is 1. The Bertz CT molecular complexity index is 554. The summed E-state index contributed by atoms with van der Waals surface area (Å²) in [5.74, 6) is -1.11. The molecule has 0 unspecified atom stereocenters. The molecule has 0 aliphatic rings. The molecule has 0 atom stereocenters. The Morgan fingerprint density at radius 2 is 2.00 bits per heavy atom. The Morgan fingerprint density at radius 1 is 1.27 bits per heavy atom. The molecule has 0 radical (unpaired) electrons. The molecule has 76 valence electrons. The normalized spacial score (nSPS) is 10.5. The van der Waals surface area contributed by atoms with Crippen LogP contribution in [0.1, 0.15) is 10.5 Å². The van der Waals surface area contributed by atoms with E-state index >= 15 is 0 Å². The average Bonchev–Trinajstić information content (AvgIpc) is 2.16. The Labute approximate surface area is 95.3 Å². The monoisotopic (exact) mass is 241 g/mol. The largest absolute Gasteiger partial charge is 0.477 e. The van der Waals surface area contributed by atoms with Crippen molar-refractivity contribution >= 4 is 39.9 Å². The van der Waals surface area contributed by atoms with Gasteiger partial charge in [-0.1, -0.05) is 23.2 Å². The predicted octanol–water partition coefficient (Wildman–Crippen LogP) is 3.24. The molecule has 1 N–H and O–H groups in total. The maximum atomic E-state index is 10.7. The lowest BCUT2D eigenvalue weighted by molar-refractivity contribution is 0.0691. The number of aromatic carboxylic acids is 1. The smallest absolute Gasteiger partial charge is 0.354 e. The van der Waals surface area contributed by atoms with Crippen LogP contribution in [0, 0.1) is 0 Å². The summed E-state index contributed by atoms with van der Waals surface area (Å²) in [5, 5.41) is 10.8. The van der Waals surface area contributed by atoms with Gasteiger partial charge in [-0.25, -0.2) is 9.78 Å². The summed E-state index contributed by atoms with van der Waals surface area (Å²) in [5.41, 5.74) is -0.0882. The number of carboxylic acids is 1. The first-order chi connectivity index (χ1) is 7.08. The summed E-state index contributed by atoms with van der Waals surface area (Å²) in [6, 6.07) is 6.48. The number of carbonyl (C=O) groups is 1. The molecular weight excluding hydrogens is 237 g/mol. The minimum absolute atomic E-state index is 0.0882. The van der Waals surface area contributed by atoms with Gasteiger partial charge < -0.3 is 5.11 Å². The van der Waals surface area contributed by atoms with Gasteiger partial charge in [0.05, 0.1) is 0 Å². The Morgan fingerprint density at radius 3 is 2.67 bits per heavy atom. The van der Waals surface area contributed by atoms with Gasteiger partial charge in [0.15, 0.2) is 5.69 Å². The molecule has 2 rings (SSSR count). The van der Waals surface area contributed by atoms with Crippen LogP contribution in [0.3, 0.4) is 0 Å². The maximum absolute atomic E-state index is 10.7. The van der Waals surface area contributed by atoms with Crippen LogP contribution in [0.5, 0.6) is 0 Å². The highest BCUT2D eigenvalue weighted by atomic mass is 35.5. The van der Waals surface area contributed by atoms with Gasteiger partial charge in [-0.15, -0.1) is 0 Å². The third kappa shape index (κ3) is 1.89. The number of benzene rings is 1. The second kappa shape index (κ2) is 3.68. The van der Waals surface area contributed by atoms with Crippen molar-refractivity contribution in [1.29, 1.82) is 0 Å². The van der Waals surface area contributed by atoms with Gasteiger partial charge >= 0.3 is 5.97 Å². The lowest BCUT2D eigenvalue weighted by Gasteiger charge is -2.02. The van der Waals surface area contributed by atoms with Gasteiger partial charge in [-0.3, -0.25) is 0 Å². The van der Waals surface area contributed by atoms with Crippen LogP contribution in [0.15, 0.2) is 24.3 Å². The number of carboxylic acid groups (broad SMARTS) is 1. The third-order valence-electron chi connectivity index (χ3n) is 1.97. The van der Waals surface area contributed by atoms with Gasteiger partial charge in [-0.2, -0.15) is 0 Å². The van der Waals surface area contributed by atoms with Crippen LogP contribution in [0.25, 0.3) is 10.8 Å². The SMILES string of the molecule is O=C(O)c1cc2cc(Cl)ccc2c(Cl)n1. The zero-order chi connectivity index (χ0) is 11.0. The quantitative estimate of drug-likeness (QED) is 0.781. The Hall–Kier alpha value is -1.32. The van der Waals surface area contributed by atoms with Gasteiger partial charge in [0.2, 0.25) is 0 Å². The van der Waals surface area contributed by atoms with Gasteiger partial charge in [0.1, 0.15) is 5.15 Å². The molecule has 2 aromatic rings. The minimum atomic E-state index is -1.11. The molecule has 0 fully saturated rings. The van der Waals surface area contributed by atoms with E-state index in [2.05, 4.69) is 4.98 Å². The van der Waals surface area contributed by atoms with Crippen LogP contribution >= 0.6 is 23.2 Å². The van der Waals surface area contributed by atoms with E-state index in [0.717, 1.165) is 0 Å². The lowest BCUT2D eigenvalue weighted by Crippen LogP contribution is -2.00. The highest BCUT2D eigenvalue weighted by Crippen LogP contribution is 2.25. The fourth-order valence-electron chi connectivity index (χ4n) is 1.30. The highest BCUT2D eigenvalue weighted by molar-refractivity contribution is 6.35. The van der Waals surface area contributed by atoms with E-state index < -0.39 is 5.97 Å². The van der Waals surface area contributed by atoms with Crippen molar-refractivity contribution in [1.82, 2.24) is 4.98 Å². The van der Waals surface area contributed by atoms with E-state index in [0.29, 0.717) is 15.8 Å². The average molecular weight is 242 g/mol. The van der Waals surface area contributed by atoms with Crippen molar-refractivity contribution < 1.29 is 9.90 Å². The number of fused-ring (bicyclic) bond motifs is 1. The molecular formula is C10H5Cl2NO2. The second-order valence-corrected chi connectivity index (χ2v) is 3.76. The van der Waals surface area contributed by atoms with E-state index in [4.69, 9.17) is 28.3 Å². The van der Waals surface area contributed by atoms with Crippen LogP contribution in [0.2, 0.25) is 10.2 Å². The number of rotatable bonds is 1. The number of pyridine rings is 1. The lowest BCUT2D eigenvalue weighted by atomic mass is 10.1. The summed E-state index contributed by atoms with van der Waals surface area (Å²) in [6.45, 7) is 0. The summed E-state index contributed by atoms with van der Waals surface area (Å²) in [4.78, 5) is 14.5. The van der Waals surface area contributed by atoms with Gasteiger partial charge in [-0.05, 0) is 29.7 Å². The molecule has 0 aliphatic heterocycles. The number of aromatic nitrogens is 1. The van der Waals surface area contributed by atoms with E-state index in [1.54, 1.807) is 18.2 Å². The fraction of sp³-hybridized carbons (Fsp3) is 0. The van der Waals surface area contributed by atoms with Crippen molar-refractivity contribution in [3.8, 4) is 0 Å². The second-order valence-electron chi connectivity index (χ2n) is 2.97. The molecule has 0 saturated carbocycles. The summed E-state index contributed by atoms with van der Waals surface area (Å²) < 4.78 is 0. The summed E-state index contributed by atoms with van der Waals surface area (Å²) in [7, 11) is 0. The van der Waals surface area contributed by atoms with Gasteiger partial charge in [0, 0.05) is 10.4 Å². The highest BCUT2D eigenvalue weighted by Gasteiger charge is 2.09. The van der Waals surface area contributed by atoms with E-state index in [1.165, 1.54) is 6.07 Å². The molecule has 1 aromatic carbocycles. The molecule has 0 amide bonds. The van der Waals surface area contributed by atoms with Crippen molar-refractivity contribution in [2.75, 3.05) is 0 Å². The first kappa shape index (κ1) is 10.2. The fourth-order valence-corrected chi connectivity index (χ4v) is 1.74. The Balaban J connectivity index is 2.79. The standard InChI is InChI=1S/C10H5Cl2NO2/c11-6-1-2-7-5(3-6)4-8(10(14)15)13-9(7)12/h1-4H,(H,14,15). The van der Waals surface area contributed by atoms with Crippen LogP contribution < -0.4 is 0 Å². The number of halogens is 2. The first-order valence-electron chi connectivity index (χ1n) is 4.07. The van der Waals surface area contributed by atoms with Crippen molar-refractivity contribution in [2.24, 2.45) is 0 Å². The van der Waals surface area contributed by atoms with Crippen LogP contribution in [-0.2, 0) is 0 Å². The zero-order valence-corrected chi connectivity index (χ0v) is 8.88. The van der Waals surface area contributed by atoms with E-state index in [-0.39, 0.29) is 10.8 Å². The number of hydrogen-bond acceptors (Lipinski definition) is 2. The molecule has 5 heteroatoms. The topological polar surface area (TPSA) is 50.2 Å². The molecule has 3 nitrogen and oxygen atoms in total. The molecule has 0 aliphatic carbocycles. The molecule has 0 spiro atoms. The Kier molecular flexibility index (Phi) is 2.50. The van der Waals surface area contributed by atoms with Gasteiger partial charge in [0.25, 0.3) is 0 Å². The van der Waals surface area contributed by atoms with Crippen molar-refractivity contribution in [3.63, 3.8) is 0 Å². The predicted molar refractivity (Wildman–Crippen MR) is 58.7 cm³/mol. The zero-order valence-electron chi connectivity index (χ0n) is 7.37. The van der Waals surface area contributed by atoms with Crippen LogP contribution in [-0.4, -0.2) is 16.1 Å². The molecule has 0 saturated heterocycles. The van der Waals surface area contributed by atoms with Crippen molar-refractivity contribution in [3.05, 3.63) is 40.1 Å². The summed E-state index contributed by atoms with van der Waals surface area (Å²) in [6.07, 6.45) is 0. The molecule has 1 aromatic heterocycles. The van der Waals surface area contributed by atoms with Crippen LogP contribution in [0.4, 0.5) is 0 Å².